The summed E-state index contributed by atoms with van der Waals surface area (Å²) < 4.78 is 2.17. The van der Waals surface area contributed by atoms with Gasteiger partial charge < -0.3 is 5.32 Å². The molecule has 1 fully saturated rings. The first kappa shape index (κ1) is 17.8. The number of amides is 1. The third-order valence-corrected chi connectivity index (χ3v) is 5.57. The Hall–Kier alpha value is -2.62. The molecule has 0 atom stereocenters. The molecule has 0 saturated heterocycles. The van der Waals surface area contributed by atoms with E-state index in [1.54, 1.807) is 0 Å². The number of carbonyl (C=O) groups excluding carboxylic acids is 1. The van der Waals surface area contributed by atoms with Crippen molar-refractivity contribution in [2.24, 2.45) is 5.92 Å². The van der Waals surface area contributed by atoms with Crippen LogP contribution in [0.5, 0.6) is 0 Å². The lowest BCUT2D eigenvalue weighted by Gasteiger charge is -2.11. The third kappa shape index (κ3) is 4.21. The van der Waals surface area contributed by atoms with E-state index >= 15 is 0 Å². The molecule has 4 nitrogen and oxygen atoms in total. The van der Waals surface area contributed by atoms with Crippen molar-refractivity contribution >= 4 is 16.9 Å². The van der Waals surface area contributed by atoms with Crippen LogP contribution in [0.1, 0.15) is 44.3 Å². The van der Waals surface area contributed by atoms with Gasteiger partial charge in [0.25, 0.3) is 0 Å². The number of para-hydroxylation sites is 3. The summed E-state index contributed by atoms with van der Waals surface area (Å²) in [4.78, 5) is 17.1. The zero-order chi connectivity index (χ0) is 18.5. The number of aromatic nitrogens is 2. The van der Waals surface area contributed by atoms with Crippen molar-refractivity contribution in [3.63, 3.8) is 0 Å². The maximum absolute atomic E-state index is 12.3. The molecule has 140 valence electrons. The second-order valence-corrected chi connectivity index (χ2v) is 7.48. The molecule has 0 unspecified atom stereocenters. The van der Waals surface area contributed by atoms with Gasteiger partial charge in [-0.05, 0) is 36.6 Å². The van der Waals surface area contributed by atoms with Crippen LogP contribution in [0, 0.1) is 5.92 Å². The highest BCUT2D eigenvalue weighted by Crippen LogP contribution is 2.27. The highest BCUT2D eigenvalue weighted by molar-refractivity contribution is 5.79. The van der Waals surface area contributed by atoms with Crippen molar-refractivity contribution in [1.29, 1.82) is 0 Å². The molecule has 0 radical (unpaired) electrons. The van der Waals surface area contributed by atoms with Crippen LogP contribution in [0.3, 0.4) is 0 Å². The van der Waals surface area contributed by atoms with Crippen molar-refractivity contribution in [3.8, 4) is 5.69 Å². The van der Waals surface area contributed by atoms with Gasteiger partial charge >= 0.3 is 0 Å². The van der Waals surface area contributed by atoms with E-state index in [0.29, 0.717) is 12.8 Å². The lowest BCUT2D eigenvalue weighted by Crippen LogP contribution is -2.26. The fourth-order valence-corrected chi connectivity index (χ4v) is 4.14. The molecule has 0 aliphatic heterocycles. The molecular weight excluding hydrogens is 334 g/mol. The molecule has 27 heavy (non-hydrogen) atoms. The number of nitrogens with zero attached hydrogens (tertiary/aromatic N) is 2. The van der Waals surface area contributed by atoms with Crippen LogP contribution in [0.15, 0.2) is 54.6 Å². The second kappa shape index (κ2) is 8.38. The Morgan fingerprint density at radius 3 is 2.59 bits per heavy atom. The summed E-state index contributed by atoms with van der Waals surface area (Å²) in [6.45, 7) is 0.804. The van der Waals surface area contributed by atoms with Gasteiger partial charge in [0.05, 0.1) is 11.0 Å². The molecule has 4 rings (SSSR count). The van der Waals surface area contributed by atoms with Crippen LogP contribution in [0.25, 0.3) is 16.7 Å². The lowest BCUT2D eigenvalue weighted by atomic mass is 10.0. The van der Waals surface area contributed by atoms with E-state index in [4.69, 9.17) is 4.98 Å². The first-order chi connectivity index (χ1) is 13.3. The fraction of sp³-hybridized carbons (Fsp3) is 0.391. The van der Waals surface area contributed by atoms with Crippen LogP contribution in [0.2, 0.25) is 0 Å². The summed E-state index contributed by atoms with van der Waals surface area (Å²) in [7, 11) is 0. The Labute approximate surface area is 160 Å². The first-order valence-corrected chi connectivity index (χ1v) is 10.1. The summed E-state index contributed by atoms with van der Waals surface area (Å²) in [5.74, 6) is 1.88. The van der Waals surface area contributed by atoms with Crippen LogP contribution in [-0.4, -0.2) is 22.0 Å². The third-order valence-electron chi connectivity index (χ3n) is 5.57. The van der Waals surface area contributed by atoms with Crippen LogP contribution >= 0.6 is 0 Å². The molecule has 1 saturated carbocycles. The molecule has 0 spiro atoms. The second-order valence-electron chi connectivity index (χ2n) is 7.48. The number of rotatable bonds is 7. The van der Waals surface area contributed by atoms with Crippen molar-refractivity contribution < 1.29 is 4.79 Å². The molecule has 1 N–H and O–H groups in total. The number of benzene rings is 2. The van der Waals surface area contributed by atoms with E-state index in [-0.39, 0.29) is 5.91 Å². The zero-order valence-corrected chi connectivity index (χ0v) is 15.7. The molecule has 1 heterocycles. The Morgan fingerprint density at radius 2 is 1.78 bits per heavy atom. The lowest BCUT2D eigenvalue weighted by molar-refractivity contribution is -0.121. The van der Waals surface area contributed by atoms with Crippen LogP contribution in [0.4, 0.5) is 0 Å². The number of hydrogen-bond acceptors (Lipinski definition) is 2. The summed E-state index contributed by atoms with van der Waals surface area (Å²) in [5.41, 5.74) is 3.14. The number of imidazole rings is 1. The SMILES string of the molecule is O=C(CCc1nc2ccccc2n1-c1ccccc1)NCCC1CCCC1. The van der Waals surface area contributed by atoms with E-state index in [0.717, 1.165) is 41.4 Å². The van der Waals surface area contributed by atoms with Gasteiger partial charge in [-0.15, -0.1) is 0 Å². The van der Waals surface area contributed by atoms with Gasteiger partial charge in [-0.1, -0.05) is 56.0 Å². The van der Waals surface area contributed by atoms with E-state index in [2.05, 4.69) is 28.1 Å². The Bertz CT molecular complexity index is 894. The number of hydrogen-bond donors (Lipinski definition) is 1. The fourth-order valence-electron chi connectivity index (χ4n) is 4.14. The van der Waals surface area contributed by atoms with Crippen LogP contribution < -0.4 is 5.32 Å². The van der Waals surface area contributed by atoms with E-state index in [9.17, 15) is 4.79 Å². The normalized spacial score (nSPS) is 14.7. The monoisotopic (exact) mass is 361 g/mol. The predicted molar refractivity (Wildman–Crippen MR) is 109 cm³/mol. The van der Waals surface area contributed by atoms with Gasteiger partial charge in [0.1, 0.15) is 5.82 Å². The highest BCUT2D eigenvalue weighted by atomic mass is 16.1. The number of aryl methyl sites for hydroxylation is 1. The minimum absolute atomic E-state index is 0.125. The molecular formula is C23H27N3O. The topological polar surface area (TPSA) is 46.9 Å². The molecule has 1 aliphatic rings. The Balaban J connectivity index is 1.43. The van der Waals surface area contributed by atoms with Gasteiger partial charge in [-0.3, -0.25) is 9.36 Å². The largest absolute Gasteiger partial charge is 0.356 e. The van der Waals surface area contributed by atoms with E-state index in [1.807, 2.05) is 36.4 Å². The van der Waals surface area contributed by atoms with Gasteiger partial charge in [-0.2, -0.15) is 0 Å². The average Bonchev–Trinajstić information content (AvgIpc) is 3.34. The van der Waals surface area contributed by atoms with Gasteiger partial charge in [0, 0.05) is 25.1 Å². The summed E-state index contributed by atoms with van der Waals surface area (Å²) >= 11 is 0. The molecule has 2 aromatic carbocycles. The number of nitrogens with one attached hydrogen (secondary N) is 1. The van der Waals surface area contributed by atoms with Gasteiger partial charge in [0.15, 0.2) is 0 Å². The van der Waals surface area contributed by atoms with Crippen molar-refractivity contribution in [1.82, 2.24) is 14.9 Å². The molecule has 1 amide bonds. The van der Waals surface area contributed by atoms with Crippen molar-refractivity contribution in [2.45, 2.75) is 44.9 Å². The standard InChI is InChI=1S/C23H27N3O/c27-23(24-17-16-18-8-4-5-9-18)15-14-22-25-20-12-6-7-13-21(20)26(22)19-10-2-1-3-11-19/h1-3,6-7,10-13,18H,4-5,8-9,14-17H2,(H,24,27). The molecule has 1 aliphatic carbocycles. The maximum Gasteiger partial charge on any atom is 0.220 e. The average molecular weight is 361 g/mol. The number of fused-ring (bicyclic) bond motifs is 1. The summed E-state index contributed by atoms with van der Waals surface area (Å²) in [6.07, 6.45) is 7.60. The maximum atomic E-state index is 12.3. The Kier molecular flexibility index (Phi) is 5.52. The molecule has 3 aromatic rings. The van der Waals surface area contributed by atoms with Crippen molar-refractivity contribution in [2.75, 3.05) is 6.54 Å². The summed E-state index contributed by atoms with van der Waals surface area (Å²) in [5, 5.41) is 3.10. The zero-order valence-electron chi connectivity index (χ0n) is 15.7. The quantitative estimate of drug-likeness (QED) is 0.665. The van der Waals surface area contributed by atoms with E-state index < -0.39 is 0 Å². The molecule has 1 aromatic heterocycles. The highest BCUT2D eigenvalue weighted by Gasteiger charge is 2.16. The first-order valence-electron chi connectivity index (χ1n) is 10.1. The van der Waals surface area contributed by atoms with Gasteiger partial charge in [-0.25, -0.2) is 4.98 Å². The van der Waals surface area contributed by atoms with Crippen molar-refractivity contribution in [3.05, 3.63) is 60.4 Å². The summed E-state index contributed by atoms with van der Waals surface area (Å²) in [6, 6.07) is 18.4. The smallest absolute Gasteiger partial charge is 0.220 e. The predicted octanol–water partition coefficient (Wildman–Crippen LogP) is 4.65. The van der Waals surface area contributed by atoms with Crippen LogP contribution in [-0.2, 0) is 11.2 Å². The number of carbonyl (C=O) groups is 1. The minimum Gasteiger partial charge on any atom is -0.356 e. The minimum atomic E-state index is 0.125. The van der Waals surface area contributed by atoms with E-state index in [1.165, 1.54) is 25.7 Å². The molecule has 4 heteroatoms. The Morgan fingerprint density at radius 1 is 1.04 bits per heavy atom. The van der Waals surface area contributed by atoms with Gasteiger partial charge in [0.2, 0.25) is 5.91 Å². The molecule has 0 bridgehead atoms.